The molecular formula is C15H11FN2O2. The normalized spacial score (nSPS) is 9.85. The number of benzene rings is 1. The third kappa shape index (κ3) is 3.18. The second-order valence-corrected chi connectivity index (χ2v) is 4.20. The molecule has 0 aliphatic rings. The number of pyridine rings is 1. The quantitative estimate of drug-likeness (QED) is 0.801. The van der Waals surface area contributed by atoms with Crippen LogP contribution in [0.4, 0.5) is 4.39 Å². The van der Waals surface area contributed by atoms with Gasteiger partial charge in [-0.25, -0.2) is 9.37 Å². The van der Waals surface area contributed by atoms with E-state index in [1.165, 1.54) is 12.1 Å². The topological polar surface area (TPSA) is 63.0 Å². The Labute approximate surface area is 115 Å². The standard InChI is InChI=1S/C15H11FN2O2/c1-10-2-3-15(14(8-19)18-10)20-9-12-4-11(7-17)5-13(16)6-12/h2-6,8H,9H2,1H3. The summed E-state index contributed by atoms with van der Waals surface area (Å²) in [6.07, 6.45) is 0.606. The molecule has 0 aliphatic heterocycles. The van der Waals surface area contributed by atoms with Crippen LogP contribution in [0.1, 0.15) is 27.3 Å². The Balaban J connectivity index is 2.19. The number of halogens is 1. The van der Waals surface area contributed by atoms with Crippen molar-refractivity contribution in [3.63, 3.8) is 0 Å². The highest BCUT2D eigenvalue weighted by Gasteiger charge is 2.06. The molecule has 2 aromatic rings. The molecule has 1 aromatic carbocycles. The van der Waals surface area contributed by atoms with Crippen molar-refractivity contribution in [1.82, 2.24) is 4.98 Å². The van der Waals surface area contributed by atoms with Crippen molar-refractivity contribution in [2.24, 2.45) is 0 Å². The number of carbonyl (C=O) groups excluding carboxylic acids is 1. The lowest BCUT2D eigenvalue weighted by Gasteiger charge is -2.08. The second-order valence-electron chi connectivity index (χ2n) is 4.20. The molecular weight excluding hydrogens is 259 g/mol. The van der Waals surface area contributed by atoms with Crippen LogP contribution in [0.15, 0.2) is 30.3 Å². The highest BCUT2D eigenvalue weighted by atomic mass is 19.1. The lowest BCUT2D eigenvalue weighted by molar-refractivity contribution is 0.111. The van der Waals surface area contributed by atoms with Crippen LogP contribution in [0, 0.1) is 24.1 Å². The van der Waals surface area contributed by atoms with Crippen molar-refractivity contribution in [1.29, 1.82) is 5.26 Å². The minimum atomic E-state index is -0.500. The molecule has 0 N–H and O–H groups in total. The largest absolute Gasteiger partial charge is 0.487 e. The monoisotopic (exact) mass is 270 g/mol. The van der Waals surface area contributed by atoms with E-state index in [4.69, 9.17) is 10.00 Å². The Kier molecular flexibility index (Phi) is 4.06. The molecule has 0 atom stereocenters. The predicted molar refractivity (Wildman–Crippen MR) is 69.8 cm³/mol. The van der Waals surface area contributed by atoms with Crippen molar-refractivity contribution < 1.29 is 13.9 Å². The number of rotatable bonds is 4. The van der Waals surface area contributed by atoms with Crippen molar-refractivity contribution in [3.05, 3.63) is 58.7 Å². The number of ether oxygens (including phenoxy) is 1. The van der Waals surface area contributed by atoms with Crippen LogP contribution < -0.4 is 4.74 Å². The van der Waals surface area contributed by atoms with Crippen LogP contribution in [-0.2, 0) is 6.61 Å². The number of aromatic nitrogens is 1. The van der Waals surface area contributed by atoms with Gasteiger partial charge in [-0.15, -0.1) is 0 Å². The average Bonchev–Trinajstić information content (AvgIpc) is 2.45. The van der Waals surface area contributed by atoms with E-state index in [9.17, 15) is 9.18 Å². The van der Waals surface area contributed by atoms with E-state index in [1.807, 2.05) is 6.07 Å². The number of nitriles is 1. The maximum Gasteiger partial charge on any atom is 0.172 e. The van der Waals surface area contributed by atoms with Gasteiger partial charge >= 0.3 is 0 Å². The molecule has 0 radical (unpaired) electrons. The number of hydrogen-bond donors (Lipinski definition) is 0. The zero-order chi connectivity index (χ0) is 14.5. The molecule has 0 aliphatic carbocycles. The minimum absolute atomic E-state index is 0.0536. The third-order valence-electron chi connectivity index (χ3n) is 2.62. The molecule has 4 nitrogen and oxygen atoms in total. The Morgan fingerprint density at radius 1 is 1.40 bits per heavy atom. The Hall–Kier alpha value is -2.74. The van der Waals surface area contributed by atoms with Crippen LogP contribution in [0.3, 0.4) is 0 Å². The van der Waals surface area contributed by atoms with E-state index in [0.29, 0.717) is 23.3 Å². The van der Waals surface area contributed by atoms with Gasteiger partial charge in [0.1, 0.15) is 23.9 Å². The van der Waals surface area contributed by atoms with Crippen molar-refractivity contribution in [2.45, 2.75) is 13.5 Å². The van der Waals surface area contributed by atoms with E-state index >= 15 is 0 Å². The van der Waals surface area contributed by atoms with E-state index in [0.717, 1.165) is 6.07 Å². The van der Waals surface area contributed by atoms with E-state index < -0.39 is 5.82 Å². The van der Waals surface area contributed by atoms with Crippen LogP contribution in [-0.4, -0.2) is 11.3 Å². The molecule has 1 aromatic heterocycles. The molecule has 100 valence electrons. The Bertz CT molecular complexity index is 693. The van der Waals surface area contributed by atoms with Crippen molar-refractivity contribution >= 4 is 6.29 Å². The fourth-order valence-electron chi connectivity index (χ4n) is 1.73. The first-order valence-corrected chi connectivity index (χ1v) is 5.87. The summed E-state index contributed by atoms with van der Waals surface area (Å²) in [5.74, 6) is -0.173. The van der Waals surface area contributed by atoms with Gasteiger partial charge in [0.15, 0.2) is 6.29 Å². The van der Waals surface area contributed by atoms with Crippen LogP contribution in [0.5, 0.6) is 5.75 Å². The van der Waals surface area contributed by atoms with Gasteiger partial charge in [-0.1, -0.05) is 0 Å². The third-order valence-corrected chi connectivity index (χ3v) is 2.62. The number of carbonyl (C=O) groups is 1. The summed E-state index contributed by atoms with van der Waals surface area (Å²) in [5.41, 5.74) is 1.64. The van der Waals surface area contributed by atoms with Gasteiger partial charge in [0.05, 0.1) is 11.6 Å². The van der Waals surface area contributed by atoms with Crippen LogP contribution in [0.2, 0.25) is 0 Å². The van der Waals surface area contributed by atoms with Crippen molar-refractivity contribution in [3.8, 4) is 11.8 Å². The van der Waals surface area contributed by atoms with Crippen LogP contribution >= 0.6 is 0 Å². The maximum absolute atomic E-state index is 13.3. The number of aldehydes is 1. The lowest BCUT2D eigenvalue weighted by atomic mass is 10.1. The van der Waals surface area contributed by atoms with Gasteiger partial charge in [-0.3, -0.25) is 4.79 Å². The minimum Gasteiger partial charge on any atom is -0.487 e. The molecule has 0 bridgehead atoms. The molecule has 5 heteroatoms. The van der Waals surface area contributed by atoms with Crippen LogP contribution in [0.25, 0.3) is 0 Å². The summed E-state index contributed by atoms with van der Waals surface area (Å²) in [7, 11) is 0. The first-order chi connectivity index (χ1) is 9.62. The Morgan fingerprint density at radius 2 is 2.20 bits per heavy atom. The highest BCUT2D eigenvalue weighted by Crippen LogP contribution is 2.17. The van der Waals surface area contributed by atoms with Gasteiger partial charge in [0.25, 0.3) is 0 Å². The Morgan fingerprint density at radius 3 is 2.90 bits per heavy atom. The van der Waals surface area contributed by atoms with Gasteiger partial charge in [0.2, 0.25) is 0 Å². The molecule has 0 saturated carbocycles. The molecule has 0 amide bonds. The predicted octanol–water partition coefficient (Wildman–Crippen LogP) is 2.79. The fourth-order valence-corrected chi connectivity index (χ4v) is 1.73. The lowest BCUT2D eigenvalue weighted by Crippen LogP contribution is -2.01. The van der Waals surface area contributed by atoms with Crippen molar-refractivity contribution in [2.75, 3.05) is 0 Å². The molecule has 2 rings (SSSR count). The number of hydrogen-bond acceptors (Lipinski definition) is 4. The molecule has 20 heavy (non-hydrogen) atoms. The van der Waals surface area contributed by atoms with Gasteiger partial charge < -0.3 is 4.74 Å². The van der Waals surface area contributed by atoms with E-state index in [-0.39, 0.29) is 17.9 Å². The van der Waals surface area contributed by atoms with Gasteiger partial charge in [0, 0.05) is 5.69 Å². The zero-order valence-electron chi connectivity index (χ0n) is 10.8. The molecule has 0 saturated heterocycles. The maximum atomic E-state index is 13.3. The summed E-state index contributed by atoms with van der Waals surface area (Å²) >= 11 is 0. The van der Waals surface area contributed by atoms with Gasteiger partial charge in [-0.05, 0) is 42.8 Å². The smallest absolute Gasteiger partial charge is 0.172 e. The fraction of sp³-hybridized carbons (Fsp3) is 0.133. The number of aryl methyl sites for hydroxylation is 1. The first-order valence-electron chi connectivity index (χ1n) is 5.87. The molecule has 0 spiro atoms. The zero-order valence-corrected chi connectivity index (χ0v) is 10.8. The summed E-state index contributed by atoms with van der Waals surface area (Å²) in [4.78, 5) is 14.9. The summed E-state index contributed by atoms with van der Waals surface area (Å²) in [5, 5.41) is 8.77. The molecule has 1 heterocycles. The van der Waals surface area contributed by atoms with Gasteiger partial charge in [-0.2, -0.15) is 5.26 Å². The first kappa shape index (κ1) is 13.7. The SMILES string of the molecule is Cc1ccc(OCc2cc(F)cc(C#N)c2)c(C=O)n1. The van der Waals surface area contributed by atoms with E-state index in [2.05, 4.69) is 4.98 Å². The molecule has 0 unspecified atom stereocenters. The number of nitrogens with zero attached hydrogens (tertiary/aromatic N) is 2. The molecule has 0 fully saturated rings. The highest BCUT2D eigenvalue weighted by molar-refractivity contribution is 5.76. The average molecular weight is 270 g/mol. The second kappa shape index (κ2) is 5.93. The summed E-state index contributed by atoms with van der Waals surface area (Å²) < 4.78 is 18.7. The summed E-state index contributed by atoms with van der Waals surface area (Å²) in [6, 6.07) is 9.19. The van der Waals surface area contributed by atoms with E-state index in [1.54, 1.807) is 19.1 Å². The summed E-state index contributed by atoms with van der Waals surface area (Å²) in [6.45, 7) is 1.82.